The minimum atomic E-state index is -1.14. The van der Waals surface area contributed by atoms with Crippen molar-refractivity contribution < 1.29 is 24.0 Å². The Morgan fingerprint density at radius 3 is 2.62 bits per heavy atom. The number of nitrogens with zero attached hydrogens (tertiary/aromatic N) is 2. The van der Waals surface area contributed by atoms with Crippen molar-refractivity contribution in [1.29, 1.82) is 0 Å². The van der Waals surface area contributed by atoms with Crippen LogP contribution in [0.25, 0.3) is 0 Å². The fraction of sp³-hybridized carbons (Fsp3) is 0.0833. The Kier molecular flexibility index (Phi) is 3.93. The third kappa shape index (κ3) is 3.41. The molecule has 0 aliphatic heterocycles. The average Bonchev–Trinajstić information content (AvgIpc) is 2.95. The number of aromatic nitrogens is 1. The Bertz CT molecular complexity index is 691. The summed E-state index contributed by atoms with van der Waals surface area (Å²) in [6.45, 7) is 0.0836. The van der Waals surface area contributed by atoms with Gasteiger partial charge in [-0.1, -0.05) is 6.07 Å². The second-order valence-electron chi connectivity index (χ2n) is 3.93. The molecule has 0 atom stereocenters. The van der Waals surface area contributed by atoms with Crippen LogP contribution in [0.2, 0.25) is 0 Å². The zero-order valence-corrected chi connectivity index (χ0v) is 10.5. The molecule has 0 bridgehead atoms. The molecule has 0 radical (unpaired) electrons. The van der Waals surface area contributed by atoms with Gasteiger partial charge in [-0.3, -0.25) is 14.9 Å². The van der Waals surface area contributed by atoms with Gasteiger partial charge < -0.3 is 14.8 Å². The van der Waals surface area contributed by atoms with Gasteiger partial charge in [-0.05, 0) is 17.7 Å². The molecule has 9 nitrogen and oxygen atoms in total. The van der Waals surface area contributed by atoms with Crippen LogP contribution in [0.5, 0.6) is 0 Å². The van der Waals surface area contributed by atoms with Crippen LogP contribution in [0.1, 0.15) is 26.6 Å². The smallest absolute Gasteiger partial charge is 0.433 e. The van der Waals surface area contributed by atoms with Crippen LogP contribution >= 0.6 is 0 Å². The number of rotatable bonds is 5. The molecule has 108 valence electrons. The van der Waals surface area contributed by atoms with Crippen molar-refractivity contribution in [3.05, 3.63) is 57.6 Å². The summed E-state index contributed by atoms with van der Waals surface area (Å²) in [5.41, 5.74) is 0.473. The number of carboxylic acid groups (broad SMARTS) is 1. The van der Waals surface area contributed by atoms with Gasteiger partial charge in [0.2, 0.25) is 0 Å². The van der Waals surface area contributed by atoms with E-state index >= 15 is 0 Å². The summed E-state index contributed by atoms with van der Waals surface area (Å²) in [7, 11) is 0. The third-order valence-electron chi connectivity index (χ3n) is 2.49. The summed E-state index contributed by atoms with van der Waals surface area (Å²) in [6, 6.07) is 5.08. The normalized spacial score (nSPS) is 10.1. The number of nitro groups is 1. The number of carbonyl (C=O) groups is 2. The number of furan rings is 1. The summed E-state index contributed by atoms with van der Waals surface area (Å²) in [5, 5.41) is 21.6. The van der Waals surface area contributed by atoms with Crippen LogP contribution in [-0.4, -0.2) is 26.9 Å². The van der Waals surface area contributed by atoms with E-state index in [0.717, 1.165) is 6.07 Å². The summed E-state index contributed by atoms with van der Waals surface area (Å²) < 4.78 is 4.74. The minimum absolute atomic E-state index is 0.0836. The van der Waals surface area contributed by atoms with Gasteiger partial charge in [0.25, 0.3) is 5.91 Å². The predicted molar refractivity (Wildman–Crippen MR) is 67.7 cm³/mol. The van der Waals surface area contributed by atoms with Gasteiger partial charge in [-0.25, -0.2) is 9.78 Å². The molecule has 2 aromatic heterocycles. The van der Waals surface area contributed by atoms with Gasteiger partial charge in [0, 0.05) is 12.7 Å². The second kappa shape index (κ2) is 5.82. The monoisotopic (exact) mass is 291 g/mol. The van der Waals surface area contributed by atoms with Crippen molar-refractivity contribution in [3.8, 4) is 0 Å². The summed E-state index contributed by atoms with van der Waals surface area (Å²) in [4.78, 5) is 35.7. The Labute approximate surface area is 117 Å². The van der Waals surface area contributed by atoms with E-state index < -0.39 is 22.7 Å². The van der Waals surface area contributed by atoms with Gasteiger partial charge in [0.1, 0.15) is 10.6 Å². The highest BCUT2D eigenvalue weighted by Crippen LogP contribution is 2.15. The molecule has 0 saturated carbocycles. The molecule has 2 aromatic rings. The van der Waals surface area contributed by atoms with E-state index in [2.05, 4.69) is 10.3 Å². The van der Waals surface area contributed by atoms with Crippen molar-refractivity contribution in [2.45, 2.75) is 6.54 Å². The molecule has 0 unspecified atom stereocenters. The highest BCUT2D eigenvalue weighted by molar-refractivity contribution is 5.91. The van der Waals surface area contributed by atoms with E-state index in [1.807, 2.05) is 0 Å². The molecular formula is C12H9N3O6. The van der Waals surface area contributed by atoms with E-state index in [1.165, 1.54) is 24.4 Å². The number of nitrogens with one attached hydrogen (secondary N) is 1. The number of aromatic carboxylic acids is 1. The predicted octanol–water partition coefficient (Wildman–Crippen LogP) is 1.21. The summed E-state index contributed by atoms with van der Waals surface area (Å²) in [6.07, 6.45) is 1.31. The van der Waals surface area contributed by atoms with E-state index in [0.29, 0.717) is 5.56 Å². The van der Waals surface area contributed by atoms with Gasteiger partial charge >= 0.3 is 11.9 Å². The third-order valence-corrected chi connectivity index (χ3v) is 2.49. The second-order valence-corrected chi connectivity index (χ2v) is 3.93. The molecule has 0 aliphatic rings. The largest absolute Gasteiger partial charge is 0.477 e. The molecule has 2 rings (SSSR count). The van der Waals surface area contributed by atoms with E-state index in [9.17, 15) is 19.7 Å². The zero-order chi connectivity index (χ0) is 15.4. The van der Waals surface area contributed by atoms with Crippen LogP contribution in [0.4, 0.5) is 5.88 Å². The number of carboxylic acids is 1. The Morgan fingerprint density at radius 1 is 1.33 bits per heavy atom. The lowest BCUT2D eigenvalue weighted by Crippen LogP contribution is -2.22. The van der Waals surface area contributed by atoms with Gasteiger partial charge in [-0.2, -0.15) is 0 Å². The summed E-state index contributed by atoms with van der Waals surface area (Å²) >= 11 is 0. The first-order valence-electron chi connectivity index (χ1n) is 5.68. The zero-order valence-electron chi connectivity index (χ0n) is 10.5. The molecule has 1 amide bonds. The Morgan fingerprint density at radius 2 is 2.10 bits per heavy atom. The number of carbonyl (C=O) groups excluding carboxylic acids is 1. The van der Waals surface area contributed by atoms with Crippen molar-refractivity contribution in [2.24, 2.45) is 0 Å². The average molecular weight is 291 g/mol. The van der Waals surface area contributed by atoms with Crippen LogP contribution in [0.3, 0.4) is 0 Å². The maximum absolute atomic E-state index is 11.7. The maximum atomic E-state index is 11.7. The molecule has 2 heterocycles. The van der Waals surface area contributed by atoms with Crippen molar-refractivity contribution >= 4 is 17.8 Å². The fourth-order valence-corrected chi connectivity index (χ4v) is 1.47. The highest BCUT2D eigenvalue weighted by atomic mass is 16.6. The Hall–Kier alpha value is -3.23. The van der Waals surface area contributed by atoms with Gasteiger partial charge in [0.15, 0.2) is 5.76 Å². The van der Waals surface area contributed by atoms with Crippen molar-refractivity contribution in [3.63, 3.8) is 0 Å². The van der Waals surface area contributed by atoms with Crippen molar-refractivity contribution in [1.82, 2.24) is 10.3 Å². The number of hydrogen-bond acceptors (Lipinski definition) is 6. The minimum Gasteiger partial charge on any atom is -0.477 e. The van der Waals surface area contributed by atoms with Crippen LogP contribution in [0, 0.1) is 10.1 Å². The molecule has 0 fully saturated rings. The lowest BCUT2D eigenvalue weighted by atomic mass is 10.2. The topological polar surface area (TPSA) is 136 Å². The first-order valence-corrected chi connectivity index (χ1v) is 5.68. The molecule has 0 aliphatic carbocycles. The highest BCUT2D eigenvalue weighted by Gasteiger charge is 2.16. The number of amides is 1. The number of pyridine rings is 1. The molecule has 0 saturated heterocycles. The standard InChI is InChI=1S/C12H9N3O6/c16-11(9-3-4-10(21-9)15(19)20)14-6-7-1-2-8(12(17)18)13-5-7/h1-5H,6H2,(H,14,16)(H,17,18). The van der Waals surface area contributed by atoms with Crippen LogP contribution in [0.15, 0.2) is 34.9 Å². The molecule has 0 spiro atoms. The molecule has 21 heavy (non-hydrogen) atoms. The first-order chi connectivity index (χ1) is 9.97. The van der Waals surface area contributed by atoms with E-state index in [1.54, 1.807) is 0 Å². The molecule has 2 N–H and O–H groups in total. The quantitative estimate of drug-likeness (QED) is 0.624. The van der Waals surface area contributed by atoms with Crippen LogP contribution in [-0.2, 0) is 6.54 Å². The molecule has 0 aromatic carbocycles. The Balaban J connectivity index is 1.97. The first kappa shape index (κ1) is 14.2. The van der Waals surface area contributed by atoms with Gasteiger partial charge in [-0.15, -0.1) is 0 Å². The molecular weight excluding hydrogens is 282 g/mol. The molecule has 9 heteroatoms. The van der Waals surface area contributed by atoms with E-state index in [4.69, 9.17) is 9.52 Å². The lowest BCUT2D eigenvalue weighted by Gasteiger charge is -2.03. The van der Waals surface area contributed by atoms with Crippen LogP contribution < -0.4 is 5.32 Å². The maximum Gasteiger partial charge on any atom is 0.433 e. The van der Waals surface area contributed by atoms with Gasteiger partial charge in [0.05, 0.1) is 6.07 Å². The van der Waals surface area contributed by atoms with E-state index in [-0.39, 0.29) is 18.0 Å². The van der Waals surface area contributed by atoms with Crippen molar-refractivity contribution in [2.75, 3.05) is 0 Å². The lowest BCUT2D eigenvalue weighted by molar-refractivity contribution is -0.402. The summed E-state index contributed by atoms with van der Waals surface area (Å²) in [5.74, 6) is -2.47. The number of hydrogen-bond donors (Lipinski definition) is 2. The fourth-order valence-electron chi connectivity index (χ4n) is 1.47. The SMILES string of the molecule is O=C(O)c1ccc(CNC(=O)c2ccc([N+](=O)[O-])o2)cn1.